The van der Waals surface area contributed by atoms with Crippen LogP contribution < -0.4 is 5.73 Å². The fourth-order valence-electron chi connectivity index (χ4n) is 1.71. The number of benzene rings is 1. The van der Waals surface area contributed by atoms with Crippen molar-refractivity contribution in [3.63, 3.8) is 0 Å². The van der Waals surface area contributed by atoms with E-state index in [-0.39, 0.29) is 17.7 Å². The highest BCUT2D eigenvalue weighted by Crippen LogP contribution is 2.23. The first-order valence-electron chi connectivity index (χ1n) is 5.99. The molecule has 0 fully saturated rings. The normalized spacial score (nSPS) is 12.9. The van der Waals surface area contributed by atoms with Crippen molar-refractivity contribution in [1.29, 1.82) is 0 Å². The third-order valence-corrected chi connectivity index (χ3v) is 5.23. The maximum Gasteiger partial charge on any atom is 0.214 e. The van der Waals surface area contributed by atoms with Gasteiger partial charge in [0.15, 0.2) is 0 Å². The topological polar surface area (TPSA) is 63.4 Å². The molecule has 0 aliphatic carbocycles. The van der Waals surface area contributed by atoms with E-state index in [0.29, 0.717) is 16.3 Å². The van der Waals surface area contributed by atoms with Crippen LogP contribution in [0, 0.1) is 5.41 Å². The molecule has 4 nitrogen and oxygen atoms in total. The Bertz CT molecular complexity index is 550. The Hall–Kier alpha value is -0.780. The lowest BCUT2D eigenvalue weighted by atomic mass is 10.0. The molecule has 0 spiro atoms. The molecule has 0 aliphatic heterocycles. The molecule has 1 aromatic carbocycles. The number of nitrogens with two attached hydrogens (primary N) is 1. The van der Waals surface area contributed by atoms with Gasteiger partial charge in [-0.1, -0.05) is 32.4 Å². The average molecular weight is 305 g/mol. The van der Waals surface area contributed by atoms with Gasteiger partial charge in [-0.25, -0.2) is 12.7 Å². The summed E-state index contributed by atoms with van der Waals surface area (Å²) >= 11 is 6.05. The molecule has 1 rings (SSSR count). The number of hydrogen-bond acceptors (Lipinski definition) is 3. The van der Waals surface area contributed by atoms with Gasteiger partial charge in [-0.15, -0.1) is 0 Å². The van der Waals surface area contributed by atoms with E-state index >= 15 is 0 Å². The van der Waals surface area contributed by atoms with Crippen molar-refractivity contribution in [2.75, 3.05) is 18.5 Å². The molecule has 0 amide bonds. The molecular formula is C13H21ClN2O2S. The van der Waals surface area contributed by atoms with Crippen LogP contribution in [0.1, 0.15) is 26.3 Å². The smallest absolute Gasteiger partial charge is 0.214 e. The van der Waals surface area contributed by atoms with Gasteiger partial charge in [0.2, 0.25) is 10.0 Å². The van der Waals surface area contributed by atoms with Gasteiger partial charge in [0, 0.05) is 24.3 Å². The van der Waals surface area contributed by atoms with E-state index < -0.39 is 10.0 Å². The Kier molecular flexibility index (Phi) is 4.87. The van der Waals surface area contributed by atoms with Crippen LogP contribution in [0.15, 0.2) is 18.2 Å². The number of anilines is 1. The quantitative estimate of drug-likeness (QED) is 0.870. The van der Waals surface area contributed by atoms with Crippen LogP contribution >= 0.6 is 11.6 Å². The van der Waals surface area contributed by atoms with Crippen LogP contribution in [0.4, 0.5) is 5.69 Å². The molecule has 6 heteroatoms. The zero-order valence-corrected chi connectivity index (χ0v) is 13.3. The van der Waals surface area contributed by atoms with Gasteiger partial charge in [0.25, 0.3) is 0 Å². The molecular weight excluding hydrogens is 284 g/mol. The van der Waals surface area contributed by atoms with E-state index in [0.717, 1.165) is 0 Å². The van der Waals surface area contributed by atoms with Crippen LogP contribution in [0.5, 0.6) is 0 Å². The van der Waals surface area contributed by atoms with Gasteiger partial charge in [0.05, 0.1) is 5.75 Å². The highest BCUT2D eigenvalue weighted by Gasteiger charge is 2.26. The van der Waals surface area contributed by atoms with E-state index in [9.17, 15) is 8.42 Å². The molecule has 0 saturated heterocycles. The second kappa shape index (κ2) is 5.69. The standard InChI is InChI=1S/C13H21ClN2O2S/c1-13(2,3)9-19(17,18)16(4)8-10-7-11(15)5-6-12(10)14/h5-7H,8-9,15H2,1-4H3. The third-order valence-electron chi connectivity index (χ3n) is 2.55. The van der Waals surface area contributed by atoms with Crippen LogP contribution in [-0.4, -0.2) is 25.5 Å². The predicted molar refractivity (Wildman–Crippen MR) is 80.6 cm³/mol. The Morgan fingerprint density at radius 2 is 1.89 bits per heavy atom. The van der Waals surface area contributed by atoms with Crippen molar-refractivity contribution in [2.45, 2.75) is 27.3 Å². The zero-order chi connectivity index (χ0) is 14.8. The largest absolute Gasteiger partial charge is 0.399 e. The SMILES string of the molecule is CN(Cc1cc(N)ccc1Cl)S(=O)(=O)CC(C)(C)C. The van der Waals surface area contributed by atoms with Gasteiger partial charge in [0.1, 0.15) is 0 Å². The number of sulfonamides is 1. The van der Waals surface area contributed by atoms with Crippen molar-refractivity contribution in [2.24, 2.45) is 5.41 Å². The molecule has 2 N–H and O–H groups in total. The number of hydrogen-bond donors (Lipinski definition) is 1. The van der Waals surface area contributed by atoms with E-state index in [1.54, 1.807) is 25.2 Å². The van der Waals surface area contributed by atoms with Gasteiger partial charge >= 0.3 is 0 Å². The maximum atomic E-state index is 12.2. The van der Waals surface area contributed by atoms with E-state index in [1.165, 1.54) is 4.31 Å². The molecule has 0 radical (unpaired) electrons. The predicted octanol–water partition coefficient (Wildman–Crippen LogP) is 2.73. The molecule has 19 heavy (non-hydrogen) atoms. The van der Waals surface area contributed by atoms with Gasteiger partial charge in [-0.2, -0.15) is 0 Å². The summed E-state index contributed by atoms with van der Waals surface area (Å²) in [5.41, 5.74) is 6.68. The summed E-state index contributed by atoms with van der Waals surface area (Å²) in [4.78, 5) is 0. The molecule has 1 aromatic rings. The van der Waals surface area contributed by atoms with E-state index in [4.69, 9.17) is 17.3 Å². The fourth-order valence-corrected chi connectivity index (χ4v) is 3.54. The van der Waals surface area contributed by atoms with Crippen molar-refractivity contribution in [3.05, 3.63) is 28.8 Å². The number of nitrogens with zero attached hydrogens (tertiary/aromatic N) is 1. The van der Waals surface area contributed by atoms with Crippen molar-refractivity contribution in [3.8, 4) is 0 Å². The average Bonchev–Trinajstić information content (AvgIpc) is 2.20. The van der Waals surface area contributed by atoms with Crippen molar-refractivity contribution >= 4 is 27.3 Å². The van der Waals surface area contributed by atoms with E-state index in [2.05, 4.69) is 0 Å². The van der Waals surface area contributed by atoms with Gasteiger partial charge < -0.3 is 5.73 Å². The Balaban J connectivity index is 2.90. The molecule has 0 aliphatic rings. The maximum absolute atomic E-state index is 12.2. The molecule has 0 heterocycles. The van der Waals surface area contributed by atoms with Crippen LogP contribution in [0.2, 0.25) is 5.02 Å². The molecule has 0 atom stereocenters. The molecule has 0 aromatic heterocycles. The molecule has 108 valence electrons. The molecule has 0 bridgehead atoms. The van der Waals surface area contributed by atoms with Gasteiger partial charge in [-0.3, -0.25) is 0 Å². The summed E-state index contributed by atoms with van der Waals surface area (Å²) in [6.07, 6.45) is 0. The molecule has 0 unspecified atom stereocenters. The summed E-state index contributed by atoms with van der Waals surface area (Å²) < 4.78 is 25.7. The Morgan fingerprint density at radius 1 is 1.32 bits per heavy atom. The molecule has 0 saturated carbocycles. The summed E-state index contributed by atoms with van der Waals surface area (Å²) in [5.74, 6) is 0.0937. The zero-order valence-electron chi connectivity index (χ0n) is 11.8. The fraction of sp³-hybridized carbons (Fsp3) is 0.538. The first kappa shape index (κ1) is 16.3. The lowest BCUT2D eigenvalue weighted by Gasteiger charge is -2.24. The van der Waals surface area contributed by atoms with Crippen molar-refractivity contribution < 1.29 is 8.42 Å². The minimum absolute atomic E-state index is 0.0937. The van der Waals surface area contributed by atoms with Crippen molar-refractivity contribution in [1.82, 2.24) is 4.31 Å². The first-order chi connectivity index (χ1) is 8.51. The minimum atomic E-state index is -3.31. The lowest BCUT2D eigenvalue weighted by Crippen LogP contribution is -2.33. The Labute approximate surface area is 120 Å². The van der Waals surface area contributed by atoms with Crippen LogP contribution in [0.3, 0.4) is 0 Å². The monoisotopic (exact) mass is 304 g/mol. The second-order valence-electron chi connectivity index (χ2n) is 5.92. The highest BCUT2D eigenvalue weighted by molar-refractivity contribution is 7.89. The summed E-state index contributed by atoms with van der Waals surface area (Å²) in [6, 6.07) is 5.07. The van der Waals surface area contributed by atoms with Crippen LogP contribution in [0.25, 0.3) is 0 Å². The third kappa shape index (κ3) is 5.01. The minimum Gasteiger partial charge on any atom is -0.399 e. The lowest BCUT2D eigenvalue weighted by molar-refractivity contribution is 0.420. The first-order valence-corrected chi connectivity index (χ1v) is 7.98. The summed E-state index contributed by atoms with van der Waals surface area (Å²) in [5, 5.41) is 0.520. The summed E-state index contributed by atoms with van der Waals surface area (Å²) in [7, 11) is -1.76. The van der Waals surface area contributed by atoms with E-state index in [1.807, 2.05) is 20.8 Å². The van der Waals surface area contributed by atoms with Crippen LogP contribution in [-0.2, 0) is 16.6 Å². The number of rotatable bonds is 4. The second-order valence-corrected chi connectivity index (χ2v) is 8.41. The highest BCUT2D eigenvalue weighted by atomic mass is 35.5. The number of nitrogen functional groups attached to an aromatic ring is 1. The van der Waals surface area contributed by atoms with Gasteiger partial charge in [-0.05, 0) is 29.2 Å². The number of halogens is 1. The summed E-state index contributed by atoms with van der Waals surface area (Å²) in [6.45, 7) is 5.91. The Morgan fingerprint density at radius 3 is 2.42 bits per heavy atom.